The van der Waals surface area contributed by atoms with Gasteiger partial charge in [-0.15, -0.1) is 0 Å². The highest BCUT2D eigenvalue weighted by atomic mass is 19.4. The van der Waals surface area contributed by atoms with E-state index in [9.17, 15) is 22.8 Å². The van der Waals surface area contributed by atoms with E-state index in [1.807, 2.05) is 0 Å². The highest BCUT2D eigenvalue weighted by Gasteiger charge is 2.35. The molecule has 0 aromatic heterocycles. The number of rotatable bonds is 4. The fourth-order valence-corrected chi connectivity index (χ4v) is 3.29. The minimum Gasteiger partial charge on any atom is -0.339 e. The number of anilines is 1. The van der Waals surface area contributed by atoms with Gasteiger partial charge in [0.2, 0.25) is 5.91 Å². The first kappa shape index (κ1) is 20.6. The summed E-state index contributed by atoms with van der Waals surface area (Å²) in [6, 6.07) is 13.5. The van der Waals surface area contributed by atoms with Crippen molar-refractivity contribution in [3.05, 3.63) is 71.8 Å². The SMILES string of the molecule is O=C(/C=C(\c1ccccc1)C(F)(F)F)Nc1ccccc1C(=O)N1CCCCC1. The van der Waals surface area contributed by atoms with Crippen LogP contribution in [0, 0.1) is 0 Å². The van der Waals surface area contributed by atoms with Crippen LogP contribution in [0.4, 0.5) is 18.9 Å². The lowest BCUT2D eigenvalue weighted by atomic mass is 10.0. The number of allylic oxidation sites excluding steroid dienone is 1. The second-order valence-electron chi connectivity index (χ2n) is 6.81. The molecule has 7 heteroatoms. The summed E-state index contributed by atoms with van der Waals surface area (Å²) in [5.41, 5.74) is -0.688. The fraction of sp³-hybridized carbons (Fsp3) is 0.273. The third kappa shape index (κ3) is 5.25. The van der Waals surface area contributed by atoms with Gasteiger partial charge in [-0.05, 0) is 37.0 Å². The van der Waals surface area contributed by atoms with Gasteiger partial charge in [0, 0.05) is 19.2 Å². The van der Waals surface area contributed by atoms with Gasteiger partial charge in [0.25, 0.3) is 5.91 Å². The minimum absolute atomic E-state index is 0.104. The van der Waals surface area contributed by atoms with Crippen molar-refractivity contribution in [2.75, 3.05) is 18.4 Å². The Labute approximate surface area is 167 Å². The normalized spacial score (nSPS) is 15.1. The average Bonchev–Trinajstić information content (AvgIpc) is 2.72. The van der Waals surface area contributed by atoms with Crippen molar-refractivity contribution in [3.63, 3.8) is 0 Å². The first-order valence-electron chi connectivity index (χ1n) is 9.40. The number of para-hydroxylation sites is 1. The summed E-state index contributed by atoms with van der Waals surface area (Å²) in [5, 5.41) is 2.44. The Bertz CT molecular complexity index is 902. The molecule has 4 nitrogen and oxygen atoms in total. The monoisotopic (exact) mass is 402 g/mol. The van der Waals surface area contributed by atoms with Gasteiger partial charge in [0.05, 0.1) is 16.8 Å². The Kier molecular flexibility index (Phi) is 6.36. The maximum Gasteiger partial charge on any atom is 0.417 e. The molecule has 1 N–H and O–H groups in total. The van der Waals surface area contributed by atoms with Crippen LogP contribution < -0.4 is 5.32 Å². The van der Waals surface area contributed by atoms with Crippen molar-refractivity contribution < 1.29 is 22.8 Å². The van der Waals surface area contributed by atoms with E-state index in [1.165, 1.54) is 30.3 Å². The van der Waals surface area contributed by atoms with Crippen LogP contribution >= 0.6 is 0 Å². The number of carbonyl (C=O) groups excluding carboxylic acids is 2. The van der Waals surface area contributed by atoms with Gasteiger partial charge in [0.15, 0.2) is 0 Å². The summed E-state index contributed by atoms with van der Waals surface area (Å²) in [5.74, 6) is -1.18. The van der Waals surface area contributed by atoms with Crippen LogP contribution in [0.1, 0.15) is 35.2 Å². The van der Waals surface area contributed by atoms with E-state index in [0.29, 0.717) is 19.2 Å². The maximum absolute atomic E-state index is 13.4. The van der Waals surface area contributed by atoms with Crippen molar-refractivity contribution in [3.8, 4) is 0 Å². The van der Waals surface area contributed by atoms with Crippen LogP contribution in [0.2, 0.25) is 0 Å². The number of alkyl halides is 3. The third-order valence-electron chi connectivity index (χ3n) is 4.72. The Hall–Kier alpha value is -3.09. The fourth-order valence-electron chi connectivity index (χ4n) is 3.29. The van der Waals surface area contributed by atoms with E-state index in [2.05, 4.69) is 5.32 Å². The molecule has 2 amide bonds. The number of nitrogens with zero attached hydrogens (tertiary/aromatic N) is 1. The molecule has 0 atom stereocenters. The van der Waals surface area contributed by atoms with E-state index in [1.54, 1.807) is 29.2 Å². The zero-order valence-corrected chi connectivity index (χ0v) is 15.7. The van der Waals surface area contributed by atoms with Crippen molar-refractivity contribution >= 4 is 23.1 Å². The number of halogens is 3. The first-order chi connectivity index (χ1) is 13.9. The summed E-state index contributed by atoms with van der Waals surface area (Å²) >= 11 is 0. The van der Waals surface area contributed by atoms with Crippen LogP contribution in [0.15, 0.2) is 60.7 Å². The van der Waals surface area contributed by atoms with Crippen LogP contribution in [-0.2, 0) is 4.79 Å². The highest BCUT2D eigenvalue weighted by molar-refractivity contribution is 6.09. The van der Waals surface area contributed by atoms with Gasteiger partial charge in [-0.1, -0.05) is 42.5 Å². The molecule has 1 saturated heterocycles. The van der Waals surface area contributed by atoms with Crippen LogP contribution in [-0.4, -0.2) is 36.0 Å². The molecule has 2 aromatic rings. The van der Waals surface area contributed by atoms with Crippen LogP contribution in [0.3, 0.4) is 0 Å². The zero-order chi connectivity index (χ0) is 20.9. The molecule has 152 valence electrons. The lowest BCUT2D eigenvalue weighted by Crippen LogP contribution is -2.36. The molecular weight excluding hydrogens is 381 g/mol. The zero-order valence-electron chi connectivity index (χ0n) is 15.7. The standard InChI is InChI=1S/C22H21F3N2O2/c23-22(24,25)18(16-9-3-1-4-10-16)15-20(28)26-19-12-6-5-11-17(19)21(29)27-13-7-2-8-14-27/h1,3-6,9-12,15H,2,7-8,13-14H2,(H,26,28)/b18-15+. The summed E-state index contributed by atoms with van der Waals surface area (Å²) in [6.45, 7) is 1.26. The summed E-state index contributed by atoms with van der Waals surface area (Å²) in [6.07, 6.45) is -1.28. The lowest BCUT2D eigenvalue weighted by molar-refractivity contribution is -0.112. The summed E-state index contributed by atoms with van der Waals surface area (Å²) < 4.78 is 40.3. The minimum atomic E-state index is -4.69. The molecular formula is C22H21F3N2O2. The third-order valence-corrected chi connectivity index (χ3v) is 4.72. The number of amides is 2. The van der Waals surface area contributed by atoms with Gasteiger partial charge >= 0.3 is 6.18 Å². The Morgan fingerprint density at radius 1 is 0.897 bits per heavy atom. The predicted octanol–water partition coefficient (Wildman–Crippen LogP) is 4.90. The Balaban J connectivity index is 1.85. The molecule has 29 heavy (non-hydrogen) atoms. The van der Waals surface area contributed by atoms with E-state index in [-0.39, 0.29) is 22.7 Å². The molecule has 0 radical (unpaired) electrons. The largest absolute Gasteiger partial charge is 0.417 e. The lowest BCUT2D eigenvalue weighted by Gasteiger charge is -2.27. The number of hydrogen-bond donors (Lipinski definition) is 1. The van der Waals surface area contributed by atoms with Gasteiger partial charge in [-0.3, -0.25) is 9.59 Å². The van der Waals surface area contributed by atoms with E-state index >= 15 is 0 Å². The first-order valence-corrected chi connectivity index (χ1v) is 9.40. The Morgan fingerprint density at radius 2 is 1.52 bits per heavy atom. The number of carbonyl (C=O) groups is 2. The smallest absolute Gasteiger partial charge is 0.339 e. The molecule has 1 aliphatic heterocycles. The molecule has 0 saturated carbocycles. The van der Waals surface area contributed by atoms with Gasteiger partial charge in [0.1, 0.15) is 0 Å². The number of likely N-dealkylation sites (tertiary alicyclic amines) is 1. The molecule has 0 aliphatic carbocycles. The molecule has 2 aromatic carbocycles. The maximum atomic E-state index is 13.4. The second kappa shape index (κ2) is 8.94. The van der Waals surface area contributed by atoms with E-state index < -0.39 is 17.7 Å². The van der Waals surface area contributed by atoms with Gasteiger partial charge < -0.3 is 10.2 Å². The highest BCUT2D eigenvalue weighted by Crippen LogP contribution is 2.33. The topological polar surface area (TPSA) is 49.4 Å². The molecule has 3 rings (SSSR count). The molecule has 0 bridgehead atoms. The predicted molar refractivity (Wildman–Crippen MR) is 105 cm³/mol. The van der Waals surface area contributed by atoms with E-state index in [4.69, 9.17) is 0 Å². The van der Waals surface area contributed by atoms with Gasteiger partial charge in [-0.2, -0.15) is 13.2 Å². The van der Waals surface area contributed by atoms with Crippen LogP contribution in [0.25, 0.3) is 5.57 Å². The number of benzene rings is 2. The van der Waals surface area contributed by atoms with E-state index in [0.717, 1.165) is 19.3 Å². The molecule has 1 fully saturated rings. The quantitative estimate of drug-likeness (QED) is 0.740. The molecule has 0 spiro atoms. The number of piperidine rings is 1. The Morgan fingerprint density at radius 3 is 2.17 bits per heavy atom. The van der Waals surface area contributed by atoms with Crippen molar-refractivity contribution in [1.82, 2.24) is 4.90 Å². The number of nitrogens with one attached hydrogen (secondary N) is 1. The molecule has 1 aliphatic rings. The van der Waals surface area contributed by atoms with Gasteiger partial charge in [-0.25, -0.2) is 0 Å². The molecule has 1 heterocycles. The second-order valence-corrected chi connectivity index (χ2v) is 6.81. The average molecular weight is 402 g/mol. The van der Waals surface area contributed by atoms with Crippen molar-refractivity contribution in [1.29, 1.82) is 0 Å². The van der Waals surface area contributed by atoms with Crippen molar-refractivity contribution in [2.24, 2.45) is 0 Å². The van der Waals surface area contributed by atoms with Crippen molar-refractivity contribution in [2.45, 2.75) is 25.4 Å². The summed E-state index contributed by atoms with van der Waals surface area (Å²) in [7, 11) is 0. The van der Waals surface area contributed by atoms with Crippen LogP contribution in [0.5, 0.6) is 0 Å². The summed E-state index contributed by atoms with van der Waals surface area (Å²) in [4.78, 5) is 26.9. The molecule has 0 unspecified atom stereocenters. The number of hydrogen-bond acceptors (Lipinski definition) is 2.